The van der Waals surface area contributed by atoms with Crippen LogP contribution in [0.4, 0.5) is 28.7 Å². The molecule has 0 amide bonds. The number of pyridine rings is 2. The molecule has 8 rings (SSSR count). The fourth-order valence-corrected chi connectivity index (χ4v) is 8.24. The zero-order valence-electron chi connectivity index (χ0n) is 28.1. The number of hydrogen-bond acceptors (Lipinski definition) is 6. The molecule has 0 spiro atoms. The van der Waals surface area contributed by atoms with E-state index in [0.717, 1.165) is 45.4 Å². The summed E-state index contributed by atoms with van der Waals surface area (Å²) < 4.78 is 8.83. The van der Waals surface area contributed by atoms with Crippen molar-refractivity contribution in [3.63, 3.8) is 0 Å². The van der Waals surface area contributed by atoms with Crippen LogP contribution in [0.2, 0.25) is 0 Å². The van der Waals surface area contributed by atoms with E-state index in [4.69, 9.17) is 14.7 Å². The number of benzene rings is 4. The summed E-state index contributed by atoms with van der Waals surface area (Å²) in [4.78, 5) is 16.1. The van der Waals surface area contributed by atoms with Crippen LogP contribution >= 0.6 is 0 Å². The van der Waals surface area contributed by atoms with E-state index < -0.39 is 0 Å². The number of nitrogens with zero attached hydrogens (tertiary/aromatic N) is 5. The molecule has 0 radical (unpaired) electrons. The van der Waals surface area contributed by atoms with Gasteiger partial charge in [-0.2, -0.15) is 0 Å². The van der Waals surface area contributed by atoms with Gasteiger partial charge in [0.15, 0.2) is 0 Å². The molecule has 6 nitrogen and oxygen atoms in total. The van der Waals surface area contributed by atoms with Crippen molar-refractivity contribution in [2.75, 3.05) is 14.7 Å². The van der Waals surface area contributed by atoms with Gasteiger partial charge in [-0.05, 0) is 17.0 Å². The predicted molar refractivity (Wildman–Crippen MR) is 200 cm³/mol. The molecule has 2 aromatic heterocycles. The standard InChI is InChI=1S/C42H34N5OSe.Pt/c1-29-24-40(44-27-34(29)30-12-6-5-7-13-30)47-37-26-33(19-20-38(37)49-39-18-11-21-43-41(39)47)48-32-15-10-14-31(25-32)45-22-23-46(28-45)36-17-9-8-16-35(36)42(2,3)4;/h5-24,27-28H,1-4H3;/q-3;. The topological polar surface area (TPSA) is 44.7 Å². The van der Waals surface area contributed by atoms with Gasteiger partial charge in [0.2, 0.25) is 0 Å². The summed E-state index contributed by atoms with van der Waals surface area (Å²) in [5, 5.41) is 0. The number of para-hydroxylation sites is 1. The third-order valence-electron chi connectivity index (χ3n) is 8.56. The van der Waals surface area contributed by atoms with Crippen molar-refractivity contribution in [1.29, 1.82) is 0 Å². The SMILES string of the molecule is Cc1cc(N2c3[c-]c(Oc4[c-]c(N5C=CN(c6ccccc6C(C)(C)C)[CH-]5)ccc4)ccc3[Se]c3cccnc32)ncc1-c1ccccc1.[Pt]. The van der Waals surface area contributed by atoms with Gasteiger partial charge < -0.3 is 0 Å². The zero-order valence-corrected chi connectivity index (χ0v) is 32.1. The third-order valence-corrected chi connectivity index (χ3v) is 10.8. The number of ether oxygens (including phenoxy) is 1. The summed E-state index contributed by atoms with van der Waals surface area (Å²) in [5.74, 6) is 2.89. The van der Waals surface area contributed by atoms with E-state index in [2.05, 4.69) is 134 Å². The fraction of sp³-hybridized carbons (Fsp3) is 0.119. The Morgan fingerprint density at radius 3 is 2.36 bits per heavy atom. The van der Waals surface area contributed by atoms with Crippen LogP contribution in [0.25, 0.3) is 11.1 Å². The maximum absolute atomic E-state index is 6.44. The summed E-state index contributed by atoms with van der Waals surface area (Å²) in [6.07, 6.45) is 7.91. The van der Waals surface area contributed by atoms with Gasteiger partial charge in [0.25, 0.3) is 0 Å². The van der Waals surface area contributed by atoms with Crippen molar-refractivity contribution in [2.45, 2.75) is 33.1 Å². The molecule has 0 N–H and O–H groups in total. The molecule has 0 saturated heterocycles. The van der Waals surface area contributed by atoms with E-state index in [1.54, 1.807) is 0 Å². The monoisotopic (exact) mass is 899 g/mol. The molecule has 0 atom stereocenters. The van der Waals surface area contributed by atoms with E-state index in [9.17, 15) is 0 Å². The van der Waals surface area contributed by atoms with Crippen molar-refractivity contribution in [3.05, 3.63) is 158 Å². The summed E-state index contributed by atoms with van der Waals surface area (Å²) in [7, 11) is 0. The van der Waals surface area contributed by atoms with Crippen LogP contribution in [0.1, 0.15) is 31.9 Å². The van der Waals surface area contributed by atoms with Crippen LogP contribution < -0.4 is 28.4 Å². The molecule has 8 heteroatoms. The number of aryl methyl sites for hydroxylation is 1. The average molecular weight is 899 g/mol. The van der Waals surface area contributed by atoms with Crippen LogP contribution in [0.3, 0.4) is 0 Å². The van der Waals surface area contributed by atoms with Crippen LogP contribution in [-0.2, 0) is 26.5 Å². The van der Waals surface area contributed by atoms with Gasteiger partial charge in [0, 0.05) is 21.1 Å². The van der Waals surface area contributed by atoms with E-state index >= 15 is 0 Å². The first-order chi connectivity index (χ1) is 23.8. The molecule has 4 heterocycles. The number of fused-ring (bicyclic) bond motifs is 2. The normalized spacial score (nSPS) is 13.5. The first-order valence-corrected chi connectivity index (χ1v) is 17.9. The Labute approximate surface area is 314 Å². The van der Waals surface area contributed by atoms with Crippen molar-refractivity contribution in [2.24, 2.45) is 0 Å². The van der Waals surface area contributed by atoms with Crippen molar-refractivity contribution < 1.29 is 25.8 Å². The maximum Gasteiger partial charge on any atom is 0 e. The molecule has 2 aliphatic rings. The first kappa shape index (κ1) is 33.8. The second kappa shape index (κ2) is 13.9. The maximum atomic E-state index is 6.44. The van der Waals surface area contributed by atoms with Crippen LogP contribution in [0, 0.1) is 25.7 Å². The number of rotatable bonds is 6. The van der Waals surface area contributed by atoms with Crippen LogP contribution in [-0.4, -0.2) is 24.9 Å². The predicted octanol–water partition coefficient (Wildman–Crippen LogP) is 8.49. The minimum Gasteiger partial charge on any atom is 0 e. The Morgan fingerprint density at radius 1 is 0.760 bits per heavy atom. The van der Waals surface area contributed by atoms with Crippen LogP contribution in [0.5, 0.6) is 11.5 Å². The first-order valence-electron chi connectivity index (χ1n) is 16.2. The summed E-state index contributed by atoms with van der Waals surface area (Å²) in [6.45, 7) is 10.9. The average Bonchev–Trinajstić information content (AvgIpc) is 3.61. The second-order valence-corrected chi connectivity index (χ2v) is 15.3. The molecule has 4 aromatic carbocycles. The second-order valence-electron chi connectivity index (χ2n) is 13.0. The van der Waals surface area contributed by atoms with Gasteiger partial charge >= 0.3 is 240 Å². The van der Waals surface area contributed by atoms with Gasteiger partial charge in [0.1, 0.15) is 0 Å². The van der Waals surface area contributed by atoms with E-state index in [1.807, 2.05) is 55.0 Å². The Morgan fingerprint density at radius 2 is 1.54 bits per heavy atom. The molecular formula is C42H34N5OPtSe-3. The Balaban J connectivity index is 0.00000392. The molecule has 0 aliphatic carbocycles. The van der Waals surface area contributed by atoms with Gasteiger partial charge in [-0.1, -0.05) is 39.0 Å². The van der Waals surface area contributed by atoms with Crippen molar-refractivity contribution in [3.8, 4) is 22.6 Å². The molecule has 0 saturated carbocycles. The molecule has 0 fully saturated rings. The van der Waals surface area contributed by atoms with Crippen molar-refractivity contribution >= 4 is 52.6 Å². The number of aromatic nitrogens is 2. The number of hydrogen-bond donors (Lipinski definition) is 0. The Hall–Kier alpha value is -4.67. The minimum atomic E-state index is 0. The summed E-state index contributed by atoms with van der Waals surface area (Å²) in [5.41, 5.74) is 7.64. The van der Waals surface area contributed by atoms with Gasteiger partial charge in [-0.3, -0.25) is 0 Å². The molecular weight excluding hydrogens is 865 g/mol. The smallest absolute Gasteiger partial charge is 0 e. The van der Waals surface area contributed by atoms with E-state index in [0.29, 0.717) is 11.5 Å². The van der Waals surface area contributed by atoms with Crippen LogP contribution in [0.15, 0.2) is 128 Å². The number of anilines is 5. The van der Waals surface area contributed by atoms with Gasteiger partial charge in [-0.25, -0.2) is 0 Å². The molecule has 2 aliphatic heterocycles. The Kier molecular flexibility index (Phi) is 9.41. The van der Waals surface area contributed by atoms with E-state index in [1.165, 1.54) is 14.5 Å². The summed E-state index contributed by atoms with van der Waals surface area (Å²) in [6, 6.07) is 42.3. The quantitative estimate of drug-likeness (QED) is 0.123. The molecule has 6 aromatic rings. The molecule has 50 heavy (non-hydrogen) atoms. The van der Waals surface area contributed by atoms with E-state index in [-0.39, 0.29) is 41.4 Å². The van der Waals surface area contributed by atoms with Gasteiger partial charge in [0.05, 0.1) is 0 Å². The molecule has 252 valence electrons. The molecule has 0 bridgehead atoms. The zero-order chi connectivity index (χ0) is 33.5. The van der Waals surface area contributed by atoms with Crippen molar-refractivity contribution in [1.82, 2.24) is 9.97 Å². The summed E-state index contributed by atoms with van der Waals surface area (Å²) >= 11 is 0.0604. The fourth-order valence-electron chi connectivity index (χ4n) is 6.16. The third kappa shape index (κ3) is 6.62. The molecule has 0 unspecified atom stereocenters. The van der Waals surface area contributed by atoms with Gasteiger partial charge in [-0.15, -0.1) is 0 Å². The largest absolute Gasteiger partial charge is 0 e. The minimum absolute atomic E-state index is 0. The Bertz CT molecular complexity index is 2200.